The van der Waals surface area contributed by atoms with Gasteiger partial charge in [0.05, 0.1) is 18.7 Å². The summed E-state index contributed by atoms with van der Waals surface area (Å²) in [5.74, 6) is -1.29. The van der Waals surface area contributed by atoms with Crippen LogP contribution < -0.4 is 0 Å². The Balaban J connectivity index is 1.76. The van der Waals surface area contributed by atoms with Crippen LogP contribution in [0.2, 0.25) is 0 Å². The molecule has 2 heterocycles. The highest BCUT2D eigenvalue weighted by Crippen LogP contribution is 2.48. The highest BCUT2D eigenvalue weighted by molar-refractivity contribution is 5.90. The normalized spacial score (nSPS) is 28.7. The molecule has 1 amide bonds. The van der Waals surface area contributed by atoms with E-state index < -0.39 is 24.1 Å². The average molecular weight is 303 g/mol. The van der Waals surface area contributed by atoms with Gasteiger partial charge in [0.25, 0.3) is 0 Å². The molecule has 1 saturated carbocycles. The number of hydrogen-bond acceptors (Lipinski definition) is 5. The van der Waals surface area contributed by atoms with E-state index in [1.165, 1.54) is 18.9 Å². The van der Waals surface area contributed by atoms with Crippen LogP contribution in [-0.4, -0.2) is 48.0 Å². The van der Waals surface area contributed by atoms with Crippen LogP contribution in [0, 0.1) is 5.92 Å². The maximum absolute atomic E-state index is 12.1. The first-order chi connectivity index (χ1) is 10.5. The number of carbonyl (C=O) groups is 3. The highest BCUT2D eigenvalue weighted by Gasteiger charge is 2.64. The average Bonchev–Trinajstić information content (AvgIpc) is 3.06. The van der Waals surface area contributed by atoms with Crippen molar-refractivity contribution in [1.82, 2.24) is 4.90 Å². The van der Waals surface area contributed by atoms with E-state index in [0.717, 1.165) is 0 Å². The molecule has 3 fully saturated rings. The van der Waals surface area contributed by atoms with E-state index in [4.69, 9.17) is 9.47 Å². The Bertz CT molecular complexity index is 614. The lowest BCUT2D eigenvalue weighted by atomic mass is 9.79. The summed E-state index contributed by atoms with van der Waals surface area (Å²) in [5, 5.41) is 0. The second-order valence-electron chi connectivity index (χ2n) is 5.60. The molecule has 1 aromatic rings. The molecule has 0 aromatic heterocycles. The minimum absolute atomic E-state index is 0.186. The van der Waals surface area contributed by atoms with Crippen molar-refractivity contribution in [2.24, 2.45) is 5.92 Å². The van der Waals surface area contributed by atoms with Crippen LogP contribution in [-0.2, 0) is 19.1 Å². The fourth-order valence-corrected chi connectivity index (χ4v) is 3.40. The number of rotatable bonds is 3. The van der Waals surface area contributed by atoms with Crippen LogP contribution in [0.25, 0.3) is 0 Å². The maximum atomic E-state index is 12.1. The number of esters is 2. The molecule has 0 spiro atoms. The molecule has 0 radical (unpaired) electrons. The monoisotopic (exact) mass is 303 g/mol. The lowest BCUT2D eigenvalue weighted by molar-refractivity contribution is -0.150. The smallest absolute Gasteiger partial charge is 0.338 e. The van der Waals surface area contributed by atoms with Gasteiger partial charge in [-0.05, 0) is 18.6 Å². The van der Waals surface area contributed by atoms with Crippen LogP contribution in [0.3, 0.4) is 0 Å². The molecule has 116 valence electrons. The van der Waals surface area contributed by atoms with E-state index in [9.17, 15) is 14.4 Å². The molecule has 0 unspecified atom stereocenters. The number of fused-ring (bicyclic) bond motifs is 1. The summed E-state index contributed by atoms with van der Waals surface area (Å²) in [6, 6.07) is 7.78. The summed E-state index contributed by atoms with van der Waals surface area (Å²) in [5.41, 5.74) is 0.456. The Morgan fingerprint density at radius 1 is 1.18 bits per heavy atom. The van der Waals surface area contributed by atoms with Gasteiger partial charge in [-0.1, -0.05) is 18.2 Å². The van der Waals surface area contributed by atoms with Gasteiger partial charge >= 0.3 is 11.9 Å². The van der Waals surface area contributed by atoms with Gasteiger partial charge in [-0.15, -0.1) is 0 Å². The minimum Gasteiger partial charge on any atom is -0.467 e. The molecule has 4 rings (SSSR count). The van der Waals surface area contributed by atoms with Crippen LogP contribution in [0.1, 0.15) is 23.7 Å². The van der Waals surface area contributed by atoms with Crippen molar-refractivity contribution in [3.05, 3.63) is 35.9 Å². The Labute approximate surface area is 128 Å². The topological polar surface area (TPSA) is 72.9 Å². The molecule has 6 heteroatoms. The Morgan fingerprint density at radius 3 is 2.45 bits per heavy atom. The van der Waals surface area contributed by atoms with Crippen molar-refractivity contribution >= 4 is 17.8 Å². The molecule has 22 heavy (non-hydrogen) atoms. The first-order valence-electron chi connectivity index (χ1n) is 7.17. The molecule has 4 atom stereocenters. The van der Waals surface area contributed by atoms with Gasteiger partial charge in [0, 0.05) is 12.8 Å². The SMILES string of the molecule is COC(=O)[C@@H]1[C@@H]2C[C@@H]([C@H]2OC(=O)c2ccccc2)N1C(C)=O. The summed E-state index contributed by atoms with van der Waals surface area (Å²) >= 11 is 0. The van der Waals surface area contributed by atoms with E-state index in [-0.39, 0.29) is 17.9 Å². The summed E-state index contributed by atoms with van der Waals surface area (Å²) in [4.78, 5) is 37.3. The highest BCUT2D eigenvalue weighted by atomic mass is 16.6. The second-order valence-corrected chi connectivity index (χ2v) is 5.60. The van der Waals surface area contributed by atoms with Gasteiger partial charge in [0.1, 0.15) is 12.1 Å². The maximum Gasteiger partial charge on any atom is 0.338 e. The van der Waals surface area contributed by atoms with Gasteiger partial charge in [0.15, 0.2) is 0 Å². The standard InChI is InChI=1S/C16H17NO5/c1-9(18)17-12-8-11(13(17)16(20)21-2)14(12)22-15(19)10-6-4-3-5-7-10/h3-7,11-14H,8H2,1-2H3/t11-,12-,13-,14-/m0/s1. The quantitative estimate of drug-likeness (QED) is 0.779. The number of ether oxygens (including phenoxy) is 2. The molecule has 6 nitrogen and oxygen atoms in total. The van der Waals surface area contributed by atoms with E-state index >= 15 is 0 Å². The predicted molar refractivity (Wildman–Crippen MR) is 75.9 cm³/mol. The molecule has 2 aliphatic heterocycles. The third kappa shape index (κ3) is 2.15. The Kier molecular flexibility index (Phi) is 3.60. The number of amides is 1. The summed E-state index contributed by atoms with van der Waals surface area (Å²) in [7, 11) is 1.29. The summed E-state index contributed by atoms with van der Waals surface area (Å²) in [6.07, 6.45) is 0.215. The molecular formula is C16H17NO5. The van der Waals surface area contributed by atoms with Crippen molar-refractivity contribution in [1.29, 1.82) is 0 Å². The van der Waals surface area contributed by atoms with Crippen molar-refractivity contribution in [2.75, 3.05) is 7.11 Å². The molecule has 2 saturated heterocycles. The van der Waals surface area contributed by atoms with Crippen molar-refractivity contribution in [3.63, 3.8) is 0 Å². The van der Waals surface area contributed by atoms with Crippen molar-refractivity contribution in [2.45, 2.75) is 31.5 Å². The van der Waals surface area contributed by atoms with Gasteiger partial charge in [-0.2, -0.15) is 0 Å². The lowest BCUT2D eigenvalue weighted by Crippen LogP contribution is -2.47. The zero-order valence-corrected chi connectivity index (χ0v) is 12.4. The molecule has 1 aromatic carbocycles. The number of hydrogen-bond donors (Lipinski definition) is 0. The fourth-order valence-electron chi connectivity index (χ4n) is 3.40. The van der Waals surface area contributed by atoms with Crippen LogP contribution in [0.15, 0.2) is 30.3 Å². The van der Waals surface area contributed by atoms with Crippen molar-refractivity contribution in [3.8, 4) is 0 Å². The van der Waals surface area contributed by atoms with Gasteiger partial charge in [-0.3, -0.25) is 4.79 Å². The van der Waals surface area contributed by atoms with E-state index in [1.807, 2.05) is 6.07 Å². The number of methoxy groups -OCH3 is 1. The van der Waals surface area contributed by atoms with Crippen LogP contribution in [0.5, 0.6) is 0 Å². The fraction of sp³-hybridized carbons (Fsp3) is 0.438. The number of benzene rings is 1. The molecule has 3 aliphatic rings. The Hall–Kier alpha value is -2.37. The van der Waals surface area contributed by atoms with Gasteiger partial charge < -0.3 is 14.4 Å². The summed E-state index contributed by atoms with van der Waals surface area (Å²) < 4.78 is 10.3. The van der Waals surface area contributed by atoms with Crippen LogP contribution >= 0.6 is 0 Å². The largest absolute Gasteiger partial charge is 0.467 e. The predicted octanol–water partition coefficient (Wildman–Crippen LogP) is 1.00. The zero-order chi connectivity index (χ0) is 15.9. The second kappa shape index (κ2) is 5.44. The van der Waals surface area contributed by atoms with Crippen molar-refractivity contribution < 1.29 is 23.9 Å². The van der Waals surface area contributed by atoms with E-state index in [1.54, 1.807) is 24.3 Å². The third-order valence-electron chi connectivity index (χ3n) is 4.44. The molecule has 1 aliphatic carbocycles. The Morgan fingerprint density at radius 2 is 1.86 bits per heavy atom. The summed E-state index contributed by atoms with van der Waals surface area (Å²) in [6.45, 7) is 1.41. The van der Waals surface area contributed by atoms with E-state index in [2.05, 4.69) is 0 Å². The zero-order valence-electron chi connectivity index (χ0n) is 12.4. The number of nitrogens with zero attached hydrogens (tertiary/aromatic N) is 1. The first-order valence-corrected chi connectivity index (χ1v) is 7.17. The lowest BCUT2D eigenvalue weighted by Gasteiger charge is -2.35. The molecule has 2 bridgehead atoms. The first kappa shape index (κ1) is 14.6. The number of carbonyl (C=O) groups excluding carboxylic acids is 3. The molecular weight excluding hydrogens is 286 g/mol. The minimum atomic E-state index is -0.652. The van der Waals surface area contributed by atoms with Crippen LogP contribution in [0.4, 0.5) is 0 Å². The third-order valence-corrected chi connectivity index (χ3v) is 4.44. The van der Waals surface area contributed by atoms with Gasteiger partial charge in [0.2, 0.25) is 5.91 Å². The van der Waals surface area contributed by atoms with E-state index in [0.29, 0.717) is 12.0 Å². The van der Waals surface area contributed by atoms with Gasteiger partial charge in [-0.25, -0.2) is 9.59 Å². The molecule has 0 N–H and O–H groups in total.